The molecule has 0 heterocycles. The van der Waals surface area contributed by atoms with Gasteiger partial charge in [0, 0.05) is 24.8 Å². The van der Waals surface area contributed by atoms with E-state index in [1.807, 2.05) is 37.3 Å². The molecule has 0 spiro atoms. The van der Waals surface area contributed by atoms with Crippen LogP contribution in [0.2, 0.25) is 0 Å². The zero-order chi connectivity index (χ0) is 17.4. The first-order valence-electron chi connectivity index (χ1n) is 8.45. The van der Waals surface area contributed by atoms with Crippen molar-refractivity contribution in [3.05, 3.63) is 71.8 Å². The average Bonchev–Trinajstić information content (AvgIpc) is 2.58. The van der Waals surface area contributed by atoms with Crippen LogP contribution in [0, 0.1) is 0 Å². The molecule has 0 radical (unpaired) electrons. The Kier molecular flexibility index (Phi) is 6.89. The van der Waals surface area contributed by atoms with Crippen molar-refractivity contribution in [1.29, 1.82) is 0 Å². The third-order valence-corrected chi connectivity index (χ3v) is 3.68. The molecule has 1 atom stereocenters. The molecule has 0 bridgehead atoms. The van der Waals surface area contributed by atoms with E-state index >= 15 is 0 Å². The number of rotatable bonds is 8. The third-order valence-electron chi connectivity index (χ3n) is 3.68. The minimum Gasteiger partial charge on any atom is -0.489 e. The van der Waals surface area contributed by atoms with Gasteiger partial charge in [0.25, 0.3) is 0 Å². The highest BCUT2D eigenvalue weighted by Gasteiger charge is 2.08. The van der Waals surface area contributed by atoms with Crippen LogP contribution in [-0.4, -0.2) is 19.1 Å². The SMILES string of the molecule is CC(C)=CCN(C[C@H](C)N)c1ccc(OCc2ccccc2)cc1. The molecule has 0 aliphatic heterocycles. The van der Waals surface area contributed by atoms with Crippen LogP contribution in [0.25, 0.3) is 0 Å². The molecule has 0 fully saturated rings. The predicted octanol–water partition coefficient (Wildman–Crippen LogP) is 4.39. The van der Waals surface area contributed by atoms with E-state index in [9.17, 15) is 0 Å². The van der Waals surface area contributed by atoms with Crippen LogP contribution < -0.4 is 15.4 Å². The van der Waals surface area contributed by atoms with Crippen molar-refractivity contribution in [3.8, 4) is 5.75 Å². The van der Waals surface area contributed by atoms with Crippen molar-refractivity contribution < 1.29 is 4.74 Å². The van der Waals surface area contributed by atoms with Gasteiger partial charge in [-0.15, -0.1) is 0 Å². The van der Waals surface area contributed by atoms with Crippen LogP contribution in [-0.2, 0) is 6.61 Å². The van der Waals surface area contributed by atoms with Gasteiger partial charge in [-0.05, 0) is 50.6 Å². The standard InChI is InChI=1S/C21H28N2O/c1-17(2)13-14-23(15-18(3)22)20-9-11-21(12-10-20)24-16-19-7-5-4-6-8-19/h4-13,18H,14-16,22H2,1-3H3/t18-/m0/s1. The first kappa shape index (κ1) is 18.1. The van der Waals surface area contributed by atoms with E-state index in [0.717, 1.165) is 24.5 Å². The Labute approximate surface area is 145 Å². The van der Waals surface area contributed by atoms with Gasteiger partial charge in [-0.3, -0.25) is 0 Å². The van der Waals surface area contributed by atoms with E-state index in [2.05, 4.69) is 49.1 Å². The topological polar surface area (TPSA) is 38.5 Å². The monoisotopic (exact) mass is 324 g/mol. The van der Waals surface area contributed by atoms with E-state index in [0.29, 0.717) is 6.61 Å². The number of anilines is 1. The third kappa shape index (κ3) is 6.09. The zero-order valence-electron chi connectivity index (χ0n) is 14.9. The van der Waals surface area contributed by atoms with Gasteiger partial charge in [0.2, 0.25) is 0 Å². The smallest absolute Gasteiger partial charge is 0.119 e. The number of ether oxygens (including phenoxy) is 1. The molecule has 0 aliphatic carbocycles. The summed E-state index contributed by atoms with van der Waals surface area (Å²) >= 11 is 0. The molecule has 0 amide bonds. The number of allylic oxidation sites excluding steroid dienone is 1. The van der Waals surface area contributed by atoms with Crippen molar-refractivity contribution in [1.82, 2.24) is 0 Å². The first-order chi connectivity index (χ1) is 11.5. The van der Waals surface area contributed by atoms with Gasteiger partial charge in [0.15, 0.2) is 0 Å². The molecule has 0 aliphatic rings. The van der Waals surface area contributed by atoms with Crippen molar-refractivity contribution in [3.63, 3.8) is 0 Å². The molecule has 2 N–H and O–H groups in total. The summed E-state index contributed by atoms with van der Waals surface area (Å²) in [5, 5.41) is 0. The Morgan fingerprint density at radius 2 is 1.75 bits per heavy atom. The normalized spacial score (nSPS) is 11.7. The van der Waals surface area contributed by atoms with Crippen molar-refractivity contribution in [2.24, 2.45) is 5.73 Å². The molecule has 2 aromatic rings. The van der Waals surface area contributed by atoms with Gasteiger partial charge in [0.05, 0.1) is 0 Å². The molecule has 3 heteroatoms. The second-order valence-corrected chi connectivity index (χ2v) is 6.43. The van der Waals surface area contributed by atoms with Crippen LogP contribution in [0.15, 0.2) is 66.2 Å². The summed E-state index contributed by atoms with van der Waals surface area (Å²) in [7, 11) is 0. The van der Waals surface area contributed by atoms with Gasteiger partial charge < -0.3 is 15.4 Å². The Hall–Kier alpha value is -2.26. The first-order valence-corrected chi connectivity index (χ1v) is 8.45. The lowest BCUT2D eigenvalue weighted by molar-refractivity contribution is 0.306. The molecule has 2 aromatic carbocycles. The lowest BCUT2D eigenvalue weighted by Gasteiger charge is -2.25. The Morgan fingerprint density at radius 1 is 1.08 bits per heavy atom. The van der Waals surface area contributed by atoms with Crippen LogP contribution in [0.4, 0.5) is 5.69 Å². The Balaban J connectivity index is 2.00. The fourth-order valence-electron chi connectivity index (χ4n) is 2.42. The van der Waals surface area contributed by atoms with E-state index in [1.54, 1.807) is 0 Å². The summed E-state index contributed by atoms with van der Waals surface area (Å²) in [5.41, 5.74) is 9.64. The van der Waals surface area contributed by atoms with E-state index in [-0.39, 0.29) is 6.04 Å². The van der Waals surface area contributed by atoms with Gasteiger partial charge in [0.1, 0.15) is 12.4 Å². The maximum absolute atomic E-state index is 5.99. The quantitative estimate of drug-likeness (QED) is 0.732. The second-order valence-electron chi connectivity index (χ2n) is 6.43. The minimum atomic E-state index is 0.129. The molecule has 3 nitrogen and oxygen atoms in total. The highest BCUT2D eigenvalue weighted by atomic mass is 16.5. The maximum atomic E-state index is 5.99. The van der Waals surface area contributed by atoms with Crippen LogP contribution in [0.1, 0.15) is 26.3 Å². The summed E-state index contributed by atoms with van der Waals surface area (Å²) in [6.07, 6.45) is 2.22. The van der Waals surface area contributed by atoms with Crippen LogP contribution in [0.5, 0.6) is 5.75 Å². The van der Waals surface area contributed by atoms with Crippen molar-refractivity contribution in [2.45, 2.75) is 33.4 Å². The van der Waals surface area contributed by atoms with E-state index < -0.39 is 0 Å². The van der Waals surface area contributed by atoms with Crippen LogP contribution in [0.3, 0.4) is 0 Å². The number of nitrogens with zero attached hydrogens (tertiary/aromatic N) is 1. The van der Waals surface area contributed by atoms with E-state index in [4.69, 9.17) is 10.5 Å². The molecule has 0 saturated carbocycles. The largest absolute Gasteiger partial charge is 0.489 e. The maximum Gasteiger partial charge on any atom is 0.119 e. The van der Waals surface area contributed by atoms with Gasteiger partial charge >= 0.3 is 0 Å². The molecular formula is C21H28N2O. The van der Waals surface area contributed by atoms with Gasteiger partial charge in [-0.2, -0.15) is 0 Å². The minimum absolute atomic E-state index is 0.129. The summed E-state index contributed by atoms with van der Waals surface area (Å²) in [4.78, 5) is 2.29. The molecule has 24 heavy (non-hydrogen) atoms. The Bertz CT molecular complexity index is 629. The Morgan fingerprint density at radius 3 is 2.33 bits per heavy atom. The molecular weight excluding hydrogens is 296 g/mol. The fraction of sp³-hybridized carbons (Fsp3) is 0.333. The molecule has 0 aromatic heterocycles. The lowest BCUT2D eigenvalue weighted by atomic mass is 10.2. The van der Waals surface area contributed by atoms with Crippen molar-refractivity contribution >= 4 is 5.69 Å². The molecule has 0 saturated heterocycles. The summed E-state index contributed by atoms with van der Waals surface area (Å²) in [5.74, 6) is 0.880. The van der Waals surface area contributed by atoms with Crippen LogP contribution >= 0.6 is 0 Å². The summed E-state index contributed by atoms with van der Waals surface area (Å²) < 4.78 is 5.85. The lowest BCUT2D eigenvalue weighted by Crippen LogP contribution is -2.35. The number of hydrogen-bond acceptors (Lipinski definition) is 3. The summed E-state index contributed by atoms with van der Waals surface area (Å²) in [6, 6.07) is 18.6. The second kappa shape index (κ2) is 9.14. The highest BCUT2D eigenvalue weighted by Crippen LogP contribution is 2.21. The van der Waals surface area contributed by atoms with E-state index in [1.165, 1.54) is 11.1 Å². The molecule has 0 unspecified atom stereocenters. The fourth-order valence-corrected chi connectivity index (χ4v) is 2.42. The van der Waals surface area contributed by atoms with Crippen molar-refractivity contribution in [2.75, 3.05) is 18.0 Å². The average molecular weight is 324 g/mol. The number of nitrogens with two attached hydrogens (primary N) is 1. The van der Waals surface area contributed by atoms with Gasteiger partial charge in [-0.1, -0.05) is 42.0 Å². The predicted molar refractivity (Wildman–Crippen MR) is 103 cm³/mol. The highest BCUT2D eigenvalue weighted by molar-refractivity contribution is 5.50. The number of hydrogen-bond donors (Lipinski definition) is 1. The summed E-state index contributed by atoms with van der Waals surface area (Å²) in [6.45, 7) is 8.55. The van der Waals surface area contributed by atoms with Gasteiger partial charge in [-0.25, -0.2) is 0 Å². The molecule has 128 valence electrons. The zero-order valence-corrected chi connectivity index (χ0v) is 14.9. The molecule has 2 rings (SSSR count). The number of benzene rings is 2.